The molecule has 2 fully saturated rings. The molecule has 2 unspecified atom stereocenters. The molecular weight excluding hydrogens is 809 g/mol. The molecule has 0 aliphatic carbocycles. The van der Waals surface area contributed by atoms with Crippen molar-refractivity contribution in [3.05, 3.63) is 89.5 Å². The second kappa shape index (κ2) is 34.4. The van der Waals surface area contributed by atoms with Crippen LogP contribution in [0.4, 0.5) is 0 Å². The van der Waals surface area contributed by atoms with Gasteiger partial charge in [0.15, 0.2) is 12.6 Å². The van der Waals surface area contributed by atoms with Gasteiger partial charge in [0, 0.05) is 26.4 Å². The number of unbranched alkanes of at least 4 members (excludes halogenated alkanes) is 16. The first kappa shape index (κ1) is 52.7. The molecule has 0 N–H and O–H groups in total. The van der Waals surface area contributed by atoms with Crippen LogP contribution in [-0.2, 0) is 23.7 Å². The van der Waals surface area contributed by atoms with Crippen molar-refractivity contribution in [2.75, 3.05) is 46.8 Å². The fourth-order valence-electron chi connectivity index (χ4n) is 7.64. The zero-order valence-electron chi connectivity index (χ0n) is 39.4. The number of rotatable bonds is 31. The average molecular weight is 889 g/mol. The third-order valence-electron chi connectivity index (χ3n) is 11.6. The van der Waals surface area contributed by atoms with E-state index in [-0.39, 0.29) is 24.5 Å². The van der Waals surface area contributed by atoms with Crippen LogP contribution in [0.2, 0.25) is 0 Å². The quantitative estimate of drug-likeness (QED) is 0.0352. The lowest BCUT2D eigenvalue weighted by molar-refractivity contribution is -0.163. The van der Waals surface area contributed by atoms with Gasteiger partial charge in [-0.05, 0) is 132 Å². The second-order valence-corrected chi connectivity index (χ2v) is 17.1. The number of ether oxygens (including phenoxy) is 8. The summed E-state index contributed by atoms with van der Waals surface area (Å²) in [6, 6.07) is 21.7. The standard InChI is InChI=1S/C30H42O5.C24H38O5/c1-25-14-18-28(19-15-25)35-30(31)26-16-20-27(21-17-26)32-22-10-7-5-3-2-4-6-8-11-23-33-29-13-9-12-24-34-29;1-26-24(25)21-14-16-22(17-15-21)27-18-10-7-5-3-2-4-6-8-11-19-28-23-13-9-12-20-29-23/h14-21,29H,2-13,22-24H2,1H3;14-17,23H,2-13,18-20H2,1H3. The van der Waals surface area contributed by atoms with Crippen molar-refractivity contribution in [2.24, 2.45) is 0 Å². The highest BCUT2D eigenvalue weighted by Gasteiger charge is 2.15. The molecule has 2 heterocycles. The van der Waals surface area contributed by atoms with Gasteiger partial charge in [0.2, 0.25) is 0 Å². The number of hydrogen-bond donors (Lipinski definition) is 0. The molecule has 2 aliphatic heterocycles. The summed E-state index contributed by atoms with van der Waals surface area (Å²) in [5.74, 6) is 1.46. The van der Waals surface area contributed by atoms with Crippen LogP contribution in [0, 0.1) is 6.92 Å². The number of hydrogen-bond acceptors (Lipinski definition) is 10. The van der Waals surface area contributed by atoms with Crippen LogP contribution in [0.1, 0.15) is 180 Å². The van der Waals surface area contributed by atoms with E-state index in [9.17, 15) is 9.59 Å². The van der Waals surface area contributed by atoms with Crippen molar-refractivity contribution in [3.8, 4) is 17.2 Å². The highest BCUT2D eigenvalue weighted by Crippen LogP contribution is 2.20. The Morgan fingerprint density at radius 2 is 0.812 bits per heavy atom. The van der Waals surface area contributed by atoms with E-state index < -0.39 is 0 Å². The molecule has 2 atom stereocenters. The Kier molecular flexibility index (Phi) is 28.3. The first-order valence-corrected chi connectivity index (χ1v) is 24.8. The first-order valence-electron chi connectivity index (χ1n) is 24.8. The lowest BCUT2D eigenvalue weighted by atomic mass is 10.1. The monoisotopic (exact) mass is 889 g/mol. The van der Waals surface area contributed by atoms with Crippen LogP contribution in [0.15, 0.2) is 72.8 Å². The zero-order valence-corrected chi connectivity index (χ0v) is 39.4. The molecule has 0 radical (unpaired) electrons. The molecule has 64 heavy (non-hydrogen) atoms. The molecule has 0 bridgehead atoms. The summed E-state index contributed by atoms with van der Waals surface area (Å²) in [6.07, 6.45) is 29.4. The average Bonchev–Trinajstić information content (AvgIpc) is 3.33. The Hall–Kier alpha value is -3.96. The predicted octanol–water partition coefficient (Wildman–Crippen LogP) is 13.6. The lowest BCUT2D eigenvalue weighted by Gasteiger charge is -2.22. The van der Waals surface area contributed by atoms with Crippen LogP contribution in [0.25, 0.3) is 0 Å². The smallest absolute Gasteiger partial charge is 0.343 e. The van der Waals surface area contributed by atoms with E-state index in [1.165, 1.54) is 123 Å². The van der Waals surface area contributed by atoms with E-state index in [2.05, 4.69) is 4.74 Å². The van der Waals surface area contributed by atoms with Gasteiger partial charge in [-0.1, -0.05) is 108 Å². The summed E-state index contributed by atoms with van der Waals surface area (Å²) in [4.78, 5) is 23.7. The minimum Gasteiger partial charge on any atom is -0.494 e. The predicted molar refractivity (Wildman–Crippen MR) is 254 cm³/mol. The largest absolute Gasteiger partial charge is 0.494 e. The summed E-state index contributed by atoms with van der Waals surface area (Å²) in [6.45, 7) is 6.83. The maximum absolute atomic E-state index is 12.3. The molecule has 0 saturated carbocycles. The van der Waals surface area contributed by atoms with Crippen molar-refractivity contribution in [3.63, 3.8) is 0 Å². The van der Waals surface area contributed by atoms with E-state index in [0.29, 0.717) is 23.5 Å². The van der Waals surface area contributed by atoms with Crippen LogP contribution in [-0.4, -0.2) is 71.3 Å². The number of esters is 2. The third-order valence-corrected chi connectivity index (χ3v) is 11.6. The molecule has 10 nitrogen and oxygen atoms in total. The van der Waals surface area contributed by atoms with Crippen LogP contribution in [0.5, 0.6) is 17.2 Å². The van der Waals surface area contributed by atoms with Crippen molar-refractivity contribution in [1.29, 1.82) is 0 Å². The highest BCUT2D eigenvalue weighted by atomic mass is 16.7. The molecule has 10 heteroatoms. The van der Waals surface area contributed by atoms with Gasteiger partial charge < -0.3 is 37.9 Å². The molecule has 2 aliphatic rings. The van der Waals surface area contributed by atoms with Crippen molar-refractivity contribution in [1.82, 2.24) is 0 Å². The molecular formula is C54H80O10. The summed E-state index contributed by atoms with van der Waals surface area (Å²) in [5.41, 5.74) is 2.19. The second-order valence-electron chi connectivity index (χ2n) is 17.1. The molecule has 0 amide bonds. The zero-order chi connectivity index (χ0) is 45.1. The Bertz CT molecular complexity index is 1600. The minimum atomic E-state index is -0.359. The van der Waals surface area contributed by atoms with Crippen molar-refractivity contribution >= 4 is 11.9 Å². The maximum atomic E-state index is 12.3. The van der Waals surface area contributed by atoms with E-state index in [1.807, 2.05) is 43.3 Å². The van der Waals surface area contributed by atoms with Crippen LogP contribution < -0.4 is 14.2 Å². The van der Waals surface area contributed by atoms with Gasteiger partial charge in [-0.25, -0.2) is 9.59 Å². The number of aryl methyl sites for hydroxylation is 1. The normalized spacial score (nSPS) is 16.0. The topological polar surface area (TPSA) is 108 Å². The van der Waals surface area contributed by atoms with Gasteiger partial charge in [0.25, 0.3) is 0 Å². The summed E-state index contributed by atoms with van der Waals surface area (Å²) in [5, 5.41) is 0. The van der Waals surface area contributed by atoms with Crippen molar-refractivity contribution in [2.45, 2.75) is 174 Å². The minimum absolute atomic E-state index is 0.0558. The lowest BCUT2D eigenvalue weighted by Crippen LogP contribution is -2.22. The Morgan fingerprint density at radius 1 is 0.453 bits per heavy atom. The number of methoxy groups -OCH3 is 1. The van der Waals surface area contributed by atoms with Crippen LogP contribution in [0.3, 0.4) is 0 Å². The van der Waals surface area contributed by atoms with Crippen LogP contribution >= 0.6 is 0 Å². The molecule has 0 aromatic heterocycles. The van der Waals surface area contributed by atoms with E-state index >= 15 is 0 Å². The fraction of sp³-hybridized carbons (Fsp3) is 0.630. The number of benzene rings is 3. The SMILES string of the molecule is COC(=O)c1ccc(OCCCCCCCCCCCOC2CCCCO2)cc1.Cc1ccc(OC(=O)c2ccc(OCCCCCCCCCCCOC3CCCCO3)cc2)cc1. The van der Waals surface area contributed by atoms with E-state index in [1.54, 1.807) is 36.4 Å². The third kappa shape index (κ3) is 24.4. The fourth-order valence-corrected chi connectivity index (χ4v) is 7.64. The van der Waals surface area contributed by atoms with Crippen molar-refractivity contribution < 1.29 is 47.5 Å². The van der Waals surface area contributed by atoms with Gasteiger partial charge in [-0.15, -0.1) is 0 Å². The summed E-state index contributed by atoms with van der Waals surface area (Å²) >= 11 is 0. The van der Waals surface area contributed by atoms with Gasteiger partial charge >= 0.3 is 11.9 Å². The summed E-state index contributed by atoms with van der Waals surface area (Å²) < 4.78 is 44.4. The first-order chi connectivity index (χ1) is 31.5. The molecule has 3 aromatic rings. The molecule has 0 spiro atoms. The molecule has 3 aromatic carbocycles. The van der Waals surface area contributed by atoms with Gasteiger partial charge in [0.05, 0.1) is 31.5 Å². The van der Waals surface area contributed by atoms with Gasteiger partial charge in [-0.3, -0.25) is 0 Å². The van der Waals surface area contributed by atoms with Gasteiger partial charge in [0.1, 0.15) is 17.2 Å². The maximum Gasteiger partial charge on any atom is 0.343 e. The van der Waals surface area contributed by atoms with E-state index in [4.69, 9.17) is 33.2 Å². The Balaban J connectivity index is 0.000000286. The number of carbonyl (C=O) groups is 2. The molecule has 356 valence electrons. The van der Waals surface area contributed by atoms with Gasteiger partial charge in [-0.2, -0.15) is 0 Å². The Labute approximate surface area is 385 Å². The molecule has 5 rings (SSSR count). The highest BCUT2D eigenvalue weighted by molar-refractivity contribution is 5.91. The van der Waals surface area contributed by atoms with E-state index in [0.717, 1.165) is 88.6 Å². The number of carbonyl (C=O) groups excluding carboxylic acids is 2. The Morgan fingerprint density at radius 3 is 1.19 bits per heavy atom. The summed E-state index contributed by atoms with van der Waals surface area (Å²) in [7, 11) is 1.39. The molecule has 2 saturated heterocycles.